The highest BCUT2D eigenvalue weighted by Crippen LogP contribution is 2.05. The van der Waals surface area contributed by atoms with Crippen LogP contribution in [0.5, 0.6) is 0 Å². The van der Waals surface area contributed by atoms with Crippen molar-refractivity contribution in [3.8, 4) is 0 Å². The molecule has 0 heterocycles. The van der Waals surface area contributed by atoms with E-state index in [0.29, 0.717) is 11.3 Å². The van der Waals surface area contributed by atoms with Crippen molar-refractivity contribution in [2.75, 3.05) is 5.73 Å². The molecule has 0 aliphatic rings. The lowest BCUT2D eigenvalue weighted by Crippen LogP contribution is -2.18. The molecule has 0 radical (unpaired) electrons. The summed E-state index contributed by atoms with van der Waals surface area (Å²) >= 11 is 4.09. The Morgan fingerprint density at radius 2 is 1.77 bits per heavy atom. The van der Waals surface area contributed by atoms with Crippen LogP contribution >= 0.6 is 12.2 Å². The number of nitrogens with two attached hydrogens (primary N) is 3. The fourth-order valence-corrected chi connectivity index (χ4v) is 0.618. The van der Waals surface area contributed by atoms with E-state index in [4.69, 9.17) is 5.73 Å². The van der Waals surface area contributed by atoms with Crippen molar-refractivity contribution in [3.05, 3.63) is 29.8 Å². The van der Waals surface area contributed by atoms with Gasteiger partial charge in [-0.1, -0.05) is 12.1 Å². The lowest BCUT2D eigenvalue weighted by atomic mass is 10.2. The monoisotopic (exact) mass is 197 g/mol. The predicted molar refractivity (Wildman–Crippen MR) is 57.2 cm³/mol. The zero-order valence-corrected chi connectivity index (χ0v) is 7.75. The van der Waals surface area contributed by atoms with Crippen LogP contribution in [0.1, 0.15) is 10.4 Å². The van der Waals surface area contributed by atoms with E-state index >= 15 is 0 Å². The van der Waals surface area contributed by atoms with Gasteiger partial charge in [0.2, 0.25) is 0 Å². The van der Waals surface area contributed by atoms with Crippen molar-refractivity contribution < 1.29 is 4.79 Å². The quantitative estimate of drug-likeness (QED) is 0.341. The molecule has 1 aromatic rings. The van der Waals surface area contributed by atoms with Crippen molar-refractivity contribution in [1.82, 2.24) is 0 Å². The molecular formula is C8H11N3OS. The van der Waals surface area contributed by atoms with E-state index in [1.165, 1.54) is 0 Å². The number of para-hydroxylation sites is 1. The molecule has 0 saturated heterocycles. The summed E-state index contributed by atoms with van der Waals surface area (Å²) in [6, 6.07) is 6.95. The van der Waals surface area contributed by atoms with E-state index in [9.17, 15) is 4.79 Å². The minimum atomic E-state index is 0.000000000000000222. The van der Waals surface area contributed by atoms with Crippen LogP contribution in [0.3, 0.4) is 0 Å². The average Bonchev–Trinajstić information content (AvgIpc) is 2.04. The second-order valence-corrected chi connectivity index (χ2v) is 2.62. The molecule has 1 rings (SSSR count). The third-order valence-electron chi connectivity index (χ3n) is 1.12. The summed E-state index contributed by atoms with van der Waals surface area (Å²) < 4.78 is 0. The number of benzene rings is 1. The van der Waals surface area contributed by atoms with Gasteiger partial charge in [0.05, 0.1) is 0 Å². The maximum atomic E-state index is 10.1. The Kier molecular flexibility index (Phi) is 5.22. The fraction of sp³-hybridized carbons (Fsp3) is 0. The first kappa shape index (κ1) is 11.4. The van der Waals surface area contributed by atoms with Gasteiger partial charge in [-0.25, -0.2) is 0 Å². The lowest BCUT2D eigenvalue weighted by Gasteiger charge is -1.92. The smallest absolute Gasteiger partial charge is 0.160 e. The zero-order valence-electron chi connectivity index (χ0n) is 6.94. The Morgan fingerprint density at radius 3 is 2.08 bits per heavy atom. The first-order valence-corrected chi connectivity index (χ1v) is 3.83. The molecule has 4 nitrogen and oxygen atoms in total. The van der Waals surface area contributed by atoms with E-state index < -0.39 is 0 Å². The van der Waals surface area contributed by atoms with Crippen LogP contribution in [0.4, 0.5) is 5.69 Å². The lowest BCUT2D eigenvalue weighted by molar-refractivity contribution is 0.112. The van der Waals surface area contributed by atoms with Gasteiger partial charge in [-0.05, 0) is 24.4 Å². The summed E-state index contributed by atoms with van der Waals surface area (Å²) in [6.45, 7) is 0. The molecule has 0 fully saturated rings. The first-order chi connectivity index (χ1) is 6.07. The molecule has 0 unspecified atom stereocenters. The second-order valence-electron chi connectivity index (χ2n) is 2.15. The number of aldehydes is 1. The summed E-state index contributed by atoms with van der Waals surface area (Å²) in [6.07, 6.45) is 0.745. The summed E-state index contributed by atoms with van der Waals surface area (Å²) in [5.74, 6) is 0. The minimum absolute atomic E-state index is 0.000000000000000222. The molecule has 13 heavy (non-hydrogen) atoms. The molecule has 70 valence electrons. The molecule has 0 saturated carbocycles. The van der Waals surface area contributed by atoms with Crippen molar-refractivity contribution >= 4 is 29.3 Å². The number of hydrogen-bond donors (Lipinski definition) is 3. The van der Waals surface area contributed by atoms with Crippen LogP contribution < -0.4 is 17.2 Å². The number of anilines is 1. The fourth-order valence-electron chi connectivity index (χ4n) is 0.618. The molecule has 0 aliphatic heterocycles. The Hall–Kier alpha value is -1.62. The normalized spacial score (nSPS) is 8.00. The largest absolute Gasteiger partial charge is 0.398 e. The number of nitrogen functional groups attached to an aromatic ring is 1. The molecule has 6 N–H and O–H groups in total. The third kappa shape index (κ3) is 5.63. The van der Waals surface area contributed by atoms with E-state index in [1.807, 2.05) is 0 Å². The van der Waals surface area contributed by atoms with Crippen LogP contribution in [0.25, 0.3) is 0 Å². The standard InChI is InChI=1S/C7H7NO.CH4N2S/c8-7-4-2-1-3-6(7)5-9;2-1(3)4/h1-5H,8H2;(H4,2,3,4). The predicted octanol–water partition coefficient (Wildman–Crippen LogP) is 0.270. The molecule has 0 atom stereocenters. The molecule has 0 aromatic heterocycles. The van der Waals surface area contributed by atoms with Gasteiger partial charge in [-0.2, -0.15) is 0 Å². The Balaban J connectivity index is 0.000000310. The minimum Gasteiger partial charge on any atom is -0.398 e. The van der Waals surface area contributed by atoms with Gasteiger partial charge >= 0.3 is 0 Å². The van der Waals surface area contributed by atoms with Crippen molar-refractivity contribution in [1.29, 1.82) is 0 Å². The number of thiocarbonyl (C=S) groups is 1. The van der Waals surface area contributed by atoms with Crippen LogP contribution in [-0.2, 0) is 0 Å². The zero-order chi connectivity index (χ0) is 10.3. The highest BCUT2D eigenvalue weighted by Gasteiger charge is 1.90. The van der Waals surface area contributed by atoms with Gasteiger partial charge in [0, 0.05) is 11.3 Å². The van der Waals surface area contributed by atoms with Gasteiger partial charge in [0.1, 0.15) is 0 Å². The maximum Gasteiger partial charge on any atom is 0.160 e. The summed E-state index contributed by atoms with van der Waals surface area (Å²) in [5, 5.41) is 0.000000000000000222. The van der Waals surface area contributed by atoms with Gasteiger partial charge < -0.3 is 17.2 Å². The number of hydrogen-bond acceptors (Lipinski definition) is 3. The average molecular weight is 197 g/mol. The van der Waals surface area contributed by atoms with Crippen LogP contribution in [-0.4, -0.2) is 11.4 Å². The third-order valence-corrected chi connectivity index (χ3v) is 1.12. The summed E-state index contributed by atoms with van der Waals surface area (Å²) in [7, 11) is 0. The Morgan fingerprint density at radius 1 is 1.31 bits per heavy atom. The SMILES string of the molecule is NC(N)=S.Nc1ccccc1C=O. The van der Waals surface area contributed by atoms with Gasteiger partial charge in [-0.15, -0.1) is 0 Å². The first-order valence-electron chi connectivity index (χ1n) is 3.42. The van der Waals surface area contributed by atoms with Crippen LogP contribution in [0.15, 0.2) is 24.3 Å². The van der Waals surface area contributed by atoms with E-state index in [-0.39, 0.29) is 5.11 Å². The van der Waals surface area contributed by atoms with Crippen molar-refractivity contribution in [2.24, 2.45) is 11.5 Å². The molecule has 1 aromatic carbocycles. The molecule has 0 spiro atoms. The highest BCUT2D eigenvalue weighted by molar-refractivity contribution is 7.80. The summed E-state index contributed by atoms with van der Waals surface area (Å²) in [5.41, 5.74) is 15.7. The topological polar surface area (TPSA) is 95.1 Å². The summed E-state index contributed by atoms with van der Waals surface area (Å²) in [4.78, 5) is 10.1. The highest BCUT2D eigenvalue weighted by atomic mass is 32.1. The molecule has 0 amide bonds. The Bertz CT molecular complexity index is 297. The van der Waals surface area contributed by atoms with Crippen LogP contribution in [0, 0.1) is 0 Å². The van der Waals surface area contributed by atoms with Crippen molar-refractivity contribution in [2.45, 2.75) is 0 Å². The van der Waals surface area contributed by atoms with Crippen molar-refractivity contribution in [3.63, 3.8) is 0 Å². The number of carbonyl (C=O) groups is 1. The molecular weight excluding hydrogens is 186 g/mol. The molecule has 0 aliphatic carbocycles. The van der Waals surface area contributed by atoms with E-state index in [0.717, 1.165) is 6.29 Å². The Labute approximate surface area is 81.7 Å². The second kappa shape index (κ2) is 5.96. The van der Waals surface area contributed by atoms with Gasteiger partial charge in [0.25, 0.3) is 0 Å². The number of rotatable bonds is 1. The maximum absolute atomic E-state index is 10.1. The van der Waals surface area contributed by atoms with Gasteiger partial charge in [0.15, 0.2) is 11.4 Å². The number of carbonyl (C=O) groups excluding carboxylic acids is 1. The van der Waals surface area contributed by atoms with E-state index in [1.54, 1.807) is 24.3 Å². The molecule has 5 heteroatoms. The van der Waals surface area contributed by atoms with E-state index in [2.05, 4.69) is 23.7 Å². The van der Waals surface area contributed by atoms with Gasteiger partial charge in [-0.3, -0.25) is 4.79 Å². The van der Waals surface area contributed by atoms with Crippen LogP contribution in [0.2, 0.25) is 0 Å². The molecule has 0 bridgehead atoms.